The van der Waals surface area contributed by atoms with E-state index in [9.17, 15) is 9.90 Å². The number of hydrogen-bond acceptors (Lipinski definition) is 3. The average molecular weight is 342 g/mol. The monoisotopic (exact) mass is 342 g/mol. The fourth-order valence-electron chi connectivity index (χ4n) is 3.30. The third-order valence-electron chi connectivity index (χ3n) is 4.62. The molecule has 0 saturated carbocycles. The molecule has 1 heterocycles. The Bertz CT molecular complexity index is 1080. The van der Waals surface area contributed by atoms with Crippen molar-refractivity contribution in [1.82, 2.24) is 0 Å². The predicted molar refractivity (Wildman–Crippen MR) is 104 cm³/mol. The molecule has 0 amide bonds. The van der Waals surface area contributed by atoms with Gasteiger partial charge in [-0.25, -0.2) is 0 Å². The highest BCUT2D eigenvalue weighted by atomic mass is 16.5. The molecule has 1 N–H and O–H groups in total. The Kier molecular flexibility index (Phi) is 3.85. The highest BCUT2D eigenvalue weighted by molar-refractivity contribution is 6.33. The Labute approximate surface area is 151 Å². The van der Waals surface area contributed by atoms with Gasteiger partial charge in [-0.05, 0) is 48.8 Å². The molecular weight excluding hydrogens is 324 g/mol. The van der Waals surface area contributed by atoms with Gasteiger partial charge in [0.05, 0.1) is 5.56 Å². The summed E-state index contributed by atoms with van der Waals surface area (Å²) in [7, 11) is 0. The largest absolute Gasteiger partial charge is 0.480 e. The van der Waals surface area contributed by atoms with Crippen molar-refractivity contribution in [3.8, 4) is 17.3 Å². The van der Waals surface area contributed by atoms with E-state index in [2.05, 4.69) is 6.07 Å². The van der Waals surface area contributed by atoms with Crippen LogP contribution in [0, 0.1) is 13.8 Å². The standard InChI is InChI=1S/C23H18O3/c1-14-7-9-18(15(2)11-14)22-13-17(23(25)26-22)12-20-19-6-4-3-5-16(19)8-10-21(20)24/h3-13,25H,1-2H3. The minimum Gasteiger partial charge on any atom is -0.480 e. The van der Waals surface area contributed by atoms with Crippen molar-refractivity contribution < 1.29 is 14.3 Å². The average Bonchev–Trinajstić information content (AvgIpc) is 2.98. The number of rotatable bonds is 2. The van der Waals surface area contributed by atoms with E-state index in [1.54, 1.807) is 18.2 Å². The number of benzene rings is 2. The molecular formula is C23H18O3. The second-order valence-electron chi connectivity index (χ2n) is 6.53. The molecule has 0 saturated heterocycles. The van der Waals surface area contributed by atoms with Gasteiger partial charge in [-0.3, -0.25) is 4.79 Å². The van der Waals surface area contributed by atoms with Crippen LogP contribution in [0.15, 0.2) is 59.0 Å². The van der Waals surface area contributed by atoms with Gasteiger partial charge in [0, 0.05) is 11.1 Å². The van der Waals surface area contributed by atoms with Crippen molar-refractivity contribution in [3.05, 3.63) is 82.4 Å². The van der Waals surface area contributed by atoms with Crippen molar-refractivity contribution >= 4 is 23.5 Å². The quantitative estimate of drug-likeness (QED) is 0.634. The van der Waals surface area contributed by atoms with Crippen LogP contribution in [-0.4, -0.2) is 10.9 Å². The van der Waals surface area contributed by atoms with E-state index in [1.165, 1.54) is 5.56 Å². The summed E-state index contributed by atoms with van der Waals surface area (Å²) >= 11 is 0. The van der Waals surface area contributed by atoms with Crippen LogP contribution in [0.5, 0.6) is 5.95 Å². The summed E-state index contributed by atoms with van der Waals surface area (Å²) in [6, 6.07) is 15.5. The van der Waals surface area contributed by atoms with E-state index < -0.39 is 0 Å². The molecule has 26 heavy (non-hydrogen) atoms. The number of carbonyl (C=O) groups excluding carboxylic acids is 1. The molecule has 0 atom stereocenters. The van der Waals surface area contributed by atoms with Crippen LogP contribution in [0.2, 0.25) is 0 Å². The Hall–Kier alpha value is -3.33. The molecule has 0 bridgehead atoms. The lowest BCUT2D eigenvalue weighted by molar-refractivity contribution is -0.109. The molecule has 0 unspecified atom stereocenters. The van der Waals surface area contributed by atoms with Crippen molar-refractivity contribution in [2.24, 2.45) is 0 Å². The van der Waals surface area contributed by atoms with E-state index in [1.807, 2.05) is 56.3 Å². The van der Waals surface area contributed by atoms with Gasteiger partial charge >= 0.3 is 0 Å². The summed E-state index contributed by atoms with van der Waals surface area (Å²) in [6.07, 6.45) is 5.05. The number of aryl methyl sites for hydroxylation is 2. The Morgan fingerprint density at radius 2 is 1.77 bits per heavy atom. The summed E-state index contributed by atoms with van der Waals surface area (Å²) in [4.78, 5) is 12.4. The highest BCUT2D eigenvalue weighted by Crippen LogP contribution is 2.36. The second-order valence-corrected chi connectivity index (χ2v) is 6.53. The highest BCUT2D eigenvalue weighted by Gasteiger charge is 2.19. The third kappa shape index (κ3) is 2.78. The van der Waals surface area contributed by atoms with Gasteiger partial charge in [0.15, 0.2) is 5.78 Å². The maximum atomic E-state index is 12.4. The van der Waals surface area contributed by atoms with Gasteiger partial charge < -0.3 is 9.52 Å². The molecule has 128 valence electrons. The number of carbonyl (C=O) groups is 1. The summed E-state index contributed by atoms with van der Waals surface area (Å²) < 4.78 is 5.57. The Balaban J connectivity index is 1.80. The van der Waals surface area contributed by atoms with Gasteiger partial charge in [-0.15, -0.1) is 0 Å². The fraction of sp³-hybridized carbons (Fsp3) is 0.0870. The van der Waals surface area contributed by atoms with E-state index in [0.717, 1.165) is 22.3 Å². The summed E-state index contributed by atoms with van der Waals surface area (Å²) in [5.74, 6) is 0.309. The lowest BCUT2D eigenvalue weighted by Gasteiger charge is -2.12. The Morgan fingerprint density at radius 1 is 0.962 bits per heavy atom. The molecule has 3 nitrogen and oxygen atoms in total. The minimum absolute atomic E-state index is 0.0858. The van der Waals surface area contributed by atoms with Gasteiger partial charge in [0.2, 0.25) is 0 Å². The zero-order chi connectivity index (χ0) is 18.3. The molecule has 3 aromatic rings. The summed E-state index contributed by atoms with van der Waals surface area (Å²) in [5, 5.41) is 10.3. The molecule has 1 aliphatic rings. The van der Waals surface area contributed by atoms with Crippen LogP contribution in [0.25, 0.3) is 29.0 Å². The molecule has 4 rings (SSSR count). The van der Waals surface area contributed by atoms with E-state index in [0.29, 0.717) is 16.9 Å². The second kappa shape index (κ2) is 6.19. The number of fused-ring (bicyclic) bond motifs is 1. The first-order valence-corrected chi connectivity index (χ1v) is 8.47. The molecule has 2 aromatic carbocycles. The number of aromatic hydroxyl groups is 1. The van der Waals surface area contributed by atoms with E-state index in [-0.39, 0.29) is 11.7 Å². The van der Waals surface area contributed by atoms with Crippen molar-refractivity contribution in [2.45, 2.75) is 13.8 Å². The number of allylic oxidation sites excluding steroid dienone is 2. The van der Waals surface area contributed by atoms with Crippen LogP contribution < -0.4 is 0 Å². The van der Waals surface area contributed by atoms with E-state index in [4.69, 9.17) is 4.42 Å². The molecule has 0 aliphatic heterocycles. The number of furan rings is 1. The maximum Gasteiger partial charge on any atom is 0.289 e. The lowest BCUT2D eigenvalue weighted by Crippen LogP contribution is -2.04. The van der Waals surface area contributed by atoms with Gasteiger partial charge in [-0.2, -0.15) is 0 Å². The molecule has 0 fully saturated rings. The number of hydrogen-bond donors (Lipinski definition) is 1. The minimum atomic E-state index is -0.188. The fourth-order valence-corrected chi connectivity index (χ4v) is 3.30. The van der Waals surface area contributed by atoms with Crippen molar-refractivity contribution in [3.63, 3.8) is 0 Å². The van der Waals surface area contributed by atoms with Gasteiger partial charge in [0.1, 0.15) is 5.76 Å². The first-order valence-electron chi connectivity index (χ1n) is 8.47. The molecule has 0 spiro atoms. The third-order valence-corrected chi connectivity index (χ3v) is 4.62. The van der Waals surface area contributed by atoms with Crippen LogP contribution in [0.4, 0.5) is 0 Å². The summed E-state index contributed by atoms with van der Waals surface area (Å²) in [5.41, 5.74) is 6.04. The van der Waals surface area contributed by atoms with Gasteiger partial charge in [-0.1, -0.05) is 54.1 Å². The molecule has 0 radical (unpaired) electrons. The van der Waals surface area contributed by atoms with Crippen molar-refractivity contribution in [2.75, 3.05) is 0 Å². The maximum absolute atomic E-state index is 12.4. The lowest BCUT2D eigenvalue weighted by atomic mass is 9.90. The van der Waals surface area contributed by atoms with E-state index >= 15 is 0 Å². The zero-order valence-electron chi connectivity index (χ0n) is 14.6. The first kappa shape index (κ1) is 16.2. The molecule has 1 aromatic heterocycles. The van der Waals surface area contributed by atoms with Gasteiger partial charge in [0.25, 0.3) is 5.95 Å². The smallest absolute Gasteiger partial charge is 0.289 e. The predicted octanol–water partition coefficient (Wildman–Crippen LogP) is 5.41. The normalized spacial score (nSPS) is 14.7. The molecule has 1 aliphatic carbocycles. The van der Waals surface area contributed by atoms with Crippen LogP contribution in [0.1, 0.15) is 27.8 Å². The van der Waals surface area contributed by atoms with Crippen LogP contribution in [-0.2, 0) is 4.79 Å². The van der Waals surface area contributed by atoms with Crippen LogP contribution in [0.3, 0.4) is 0 Å². The number of ketones is 1. The SMILES string of the molecule is Cc1ccc(-c2cc(C=C3C(=O)C=Cc4ccccc43)c(O)o2)c(C)c1. The summed E-state index contributed by atoms with van der Waals surface area (Å²) in [6.45, 7) is 4.04. The topological polar surface area (TPSA) is 50.4 Å². The van der Waals surface area contributed by atoms with Crippen LogP contribution >= 0.6 is 0 Å². The molecule has 3 heteroatoms. The van der Waals surface area contributed by atoms with Crippen molar-refractivity contribution in [1.29, 1.82) is 0 Å². The zero-order valence-corrected chi connectivity index (χ0v) is 14.6. The first-order chi connectivity index (χ1) is 12.5. The Morgan fingerprint density at radius 3 is 2.58 bits per heavy atom.